The molecule has 0 radical (unpaired) electrons. The number of alkyl halides is 2. The van der Waals surface area contributed by atoms with Gasteiger partial charge >= 0.3 is 5.97 Å². The number of hydrogen-bond acceptors (Lipinski definition) is 4. The van der Waals surface area contributed by atoms with Crippen molar-refractivity contribution in [3.8, 4) is 0 Å². The van der Waals surface area contributed by atoms with E-state index in [0.717, 1.165) is 6.42 Å². The van der Waals surface area contributed by atoms with Gasteiger partial charge in [0.05, 0.1) is 6.10 Å². The van der Waals surface area contributed by atoms with Gasteiger partial charge in [0.2, 0.25) is 5.67 Å². The van der Waals surface area contributed by atoms with Crippen LogP contribution in [0.2, 0.25) is 0 Å². The average Bonchev–Trinajstić information content (AvgIpc) is 2.77. The van der Waals surface area contributed by atoms with Gasteiger partial charge in [0.25, 0.3) is 0 Å². The molecule has 1 N–H and O–H groups in total. The molecule has 118 valence electrons. The first-order chi connectivity index (χ1) is 9.12. The highest BCUT2D eigenvalue weighted by Gasteiger charge is 2.45. The molecule has 0 bridgehead atoms. The molecular weight excluding hydrogens is 270 g/mol. The fourth-order valence-corrected chi connectivity index (χ4v) is 2.21. The molecule has 0 amide bonds. The molecule has 0 spiro atoms. The first-order valence-electron chi connectivity index (χ1n) is 7.04. The van der Waals surface area contributed by atoms with Crippen molar-refractivity contribution in [2.75, 3.05) is 0 Å². The summed E-state index contributed by atoms with van der Waals surface area (Å²) in [6.45, 7) is 6.43. The van der Waals surface area contributed by atoms with Crippen molar-refractivity contribution in [1.29, 1.82) is 0 Å². The van der Waals surface area contributed by atoms with Crippen molar-refractivity contribution in [3.63, 3.8) is 0 Å². The first-order valence-corrected chi connectivity index (χ1v) is 7.04. The molecule has 2 aliphatic rings. The molecule has 0 aromatic heterocycles. The van der Waals surface area contributed by atoms with Crippen molar-refractivity contribution in [2.45, 2.75) is 83.2 Å². The summed E-state index contributed by atoms with van der Waals surface area (Å²) in [7, 11) is 0. The molecule has 20 heavy (non-hydrogen) atoms. The third kappa shape index (κ3) is 4.12. The number of carbonyl (C=O) groups excluding carboxylic acids is 1. The number of esters is 1. The SMILES string of the molecule is CCC1C[C@@](C)(F)C(=O)O1.CCC1C[C@@](C)(F)C(O)O1. The highest BCUT2D eigenvalue weighted by Crippen LogP contribution is 2.33. The van der Waals surface area contributed by atoms with E-state index < -0.39 is 23.6 Å². The fourth-order valence-electron chi connectivity index (χ4n) is 2.21. The Balaban J connectivity index is 0.000000200. The van der Waals surface area contributed by atoms with E-state index >= 15 is 0 Å². The number of ether oxygens (including phenoxy) is 2. The second-order valence-corrected chi connectivity index (χ2v) is 5.84. The van der Waals surface area contributed by atoms with Crippen LogP contribution in [0.15, 0.2) is 0 Å². The zero-order valence-corrected chi connectivity index (χ0v) is 12.5. The van der Waals surface area contributed by atoms with E-state index in [4.69, 9.17) is 14.6 Å². The lowest BCUT2D eigenvalue weighted by Crippen LogP contribution is -2.28. The Labute approximate surface area is 118 Å². The van der Waals surface area contributed by atoms with Crippen molar-refractivity contribution in [2.24, 2.45) is 0 Å². The molecule has 2 heterocycles. The molecule has 5 atom stereocenters. The van der Waals surface area contributed by atoms with Crippen LogP contribution in [0.5, 0.6) is 0 Å². The molecule has 2 aliphatic heterocycles. The van der Waals surface area contributed by atoms with Crippen LogP contribution in [-0.2, 0) is 14.3 Å². The number of hydrogen-bond donors (Lipinski definition) is 1. The van der Waals surface area contributed by atoms with E-state index in [2.05, 4.69) is 0 Å². The number of rotatable bonds is 2. The Bertz CT molecular complexity index is 344. The predicted octanol–water partition coefficient (Wildman–Crippen LogP) is 2.67. The molecule has 6 heteroatoms. The van der Waals surface area contributed by atoms with Crippen LogP contribution in [0, 0.1) is 0 Å². The molecular formula is C14H24F2O4. The van der Waals surface area contributed by atoms with E-state index in [1.807, 2.05) is 13.8 Å². The maximum absolute atomic E-state index is 13.1. The van der Waals surface area contributed by atoms with Gasteiger partial charge in [0.1, 0.15) is 6.10 Å². The first kappa shape index (κ1) is 17.3. The van der Waals surface area contributed by atoms with Crippen LogP contribution in [-0.4, -0.2) is 40.9 Å². The molecule has 2 saturated heterocycles. The van der Waals surface area contributed by atoms with Gasteiger partial charge in [-0.15, -0.1) is 0 Å². The maximum atomic E-state index is 13.1. The summed E-state index contributed by atoms with van der Waals surface area (Å²) in [5, 5.41) is 8.96. The summed E-state index contributed by atoms with van der Waals surface area (Å²) in [5.74, 6) is -0.709. The van der Waals surface area contributed by atoms with E-state index in [-0.39, 0.29) is 18.6 Å². The summed E-state index contributed by atoms with van der Waals surface area (Å²) in [6, 6.07) is 0. The number of halogens is 2. The molecule has 4 nitrogen and oxygen atoms in total. The van der Waals surface area contributed by atoms with Crippen molar-refractivity contribution in [3.05, 3.63) is 0 Å². The van der Waals surface area contributed by atoms with Gasteiger partial charge in [0, 0.05) is 12.8 Å². The molecule has 0 aliphatic carbocycles. The summed E-state index contributed by atoms with van der Waals surface area (Å²) >= 11 is 0. The van der Waals surface area contributed by atoms with Crippen molar-refractivity contribution < 1.29 is 28.2 Å². The lowest BCUT2D eigenvalue weighted by Gasteiger charge is -2.14. The van der Waals surface area contributed by atoms with Gasteiger partial charge in [-0.1, -0.05) is 13.8 Å². The number of aliphatic hydroxyl groups excluding tert-OH is 1. The Morgan fingerprint density at radius 1 is 1.20 bits per heavy atom. The smallest absolute Gasteiger partial charge is 0.344 e. The molecule has 0 saturated carbocycles. The van der Waals surface area contributed by atoms with Gasteiger partial charge in [-0.05, 0) is 26.7 Å². The van der Waals surface area contributed by atoms with Crippen molar-refractivity contribution >= 4 is 5.97 Å². The third-order valence-corrected chi connectivity index (χ3v) is 3.68. The summed E-state index contributed by atoms with van der Waals surface area (Å²) < 4.78 is 35.7. The lowest BCUT2D eigenvalue weighted by molar-refractivity contribution is -0.149. The van der Waals surface area contributed by atoms with E-state index in [1.54, 1.807) is 0 Å². The zero-order valence-electron chi connectivity index (χ0n) is 12.5. The monoisotopic (exact) mass is 294 g/mol. The predicted molar refractivity (Wildman–Crippen MR) is 69.6 cm³/mol. The lowest BCUT2D eigenvalue weighted by atomic mass is 10.0. The molecule has 0 aromatic carbocycles. The molecule has 2 fully saturated rings. The molecule has 2 rings (SSSR count). The highest BCUT2D eigenvalue weighted by atomic mass is 19.1. The zero-order chi connectivity index (χ0) is 15.6. The second-order valence-electron chi connectivity index (χ2n) is 5.84. The number of carbonyl (C=O) groups is 1. The maximum Gasteiger partial charge on any atom is 0.344 e. The standard InChI is InChI=1S/C7H13FO2.C7H11FO2/c2*1-3-5-4-7(2,8)6(9)10-5/h5-6,9H,3-4H2,1-2H3;5H,3-4H2,1-2H3/t5?,6?,7-;5?,7-/m11/s1. The van der Waals surface area contributed by atoms with Crippen LogP contribution in [0.4, 0.5) is 8.78 Å². The van der Waals surface area contributed by atoms with Crippen LogP contribution in [0.3, 0.4) is 0 Å². The minimum absolute atomic E-state index is 0.106. The molecule has 3 unspecified atom stereocenters. The topological polar surface area (TPSA) is 55.8 Å². The fraction of sp³-hybridized carbons (Fsp3) is 0.929. The van der Waals surface area contributed by atoms with Gasteiger partial charge < -0.3 is 14.6 Å². The highest BCUT2D eigenvalue weighted by molar-refractivity contribution is 5.81. The summed E-state index contributed by atoms with van der Waals surface area (Å²) in [5.41, 5.74) is -3.28. The van der Waals surface area contributed by atoms with Gasteiger partial charge in [0.15, 0.2) is 12.0 Å². The molecule has 0 aromatic rings. The van der Waals surface area contributed by atoms with Crippen molar-refractivity contribution in [1.82, 2.24) is 0 Å². The number of aliphatic hydroxyl groups is 1. The average molecular weight is 294 g/mol. The Morgan fingerprint density at radius 3 is 1.95 bits per heavy atom. The minimum atomic E-state index is -1.74. The number of cyclic esters (lactones) is 1. The third-order valence-electron chi connectivity index (χ3n) is 3.68. The van der Waals surface area contributed by atoms with Gasteiger partial charge in [-0.25, -0.2) is 13.6 Å². The van der Waals surface area contributed by atoms with Crippen LogP contribution < -0.4 is 0 Å². The van der Waals surface area contributed by atoms with Gasteiger partial charge in [-0.2, -0.15) is 0 Å². The van der Waals surface area contributed by atoms with Crippen LogP contribution in [0.1, 0.15) is 53.4 Å². The van der Waals surface area contributed by atoms with E-state index in [0.29, 0.717) is 12.8 Å². The summed E-state index contributed by atoms with van der Waals surface area (Å²) in [4.78, 5) is 10.7. The Hall–Kier alpha value is -0.750. The Morgan fingerprint density at radius 2 is 1.75 bits per heavy atom. The summed E-state index contributed by atoms with van der Waals surface area (Å²) in [6.07, 6.45) is 0.444. The van der Waals surface area contributed by atoms with Gasteiger partial charge in [-0.3, -0.25) is 0 Å². The van der Waals surface area contributed by atoms with E-state index in [1.165, 1.54) is 13.8 Å². The van der Waals surface area contributed by atoms with Crippen LogP contribution in [0.25, 0.3) is 0 Å². The normalized spacial score (nSPS) is 44.0. The van der Waals surface area contributed by atoms with E-state index in [9.17, 15) is 13.6 Å². The van der Waals surface area contributed by atoms with Crippen LogP contribution >= 0.6 is 0 Å². The Kier molecular flexibility index (Phi) is 5.49. The second kappa shape index (κ2) is 6.35. The largest absolute Gasteiger partial charge is 0.460 e. The minimum Gasteiger partial charge on any atom is -0.460 e. The quantitative estimate of drug-likeness (QED) is 0.796.